The van der Waals surface area contributed by atoms with Crippen LogP contribution >= 0.6 is 15.9 Å². The highest BCUT2D eigenvalue weighted by molar-refractivity contribution is 9.10. The number of rotatable bonds is 6. The molecule has 1 fully saturated rings. The van der Waals surface area contributed by atoms with E-state index in [2.05, 4.69) is 34.8 Å². The number of aromatic amines is 1. The number of halogens is 1. The summed E-state index contributed by atoms with van der Waals surface area (Å²) in [5.41, 5.74) is 0.340. The maximum atomic E-state index is 12.3. The van der Waals surface area contributed by atoms with Gasteiger partial charge in [-0.1, -0.05) is 26.7 Å². The summed E-state index contributed by atoms with van der Waals surface area (Å²) in [5, 5.41) is 0. The summed E-state index contributed by atoms with van der Waals surface area (Å²) in [6.07, 6.45) is 6.28. The van der Waals surface area contributed by atoms with Crippen LogP contribution in [0.2, 0.25) is 0 Å². The third kappa shape index (κ3) is 3.24. The lowest BCUT2D eigenvalue weighted by molar-refractivity contribution is -0.0575. The van der Waals surface area contributed by atoms with Crippen LogP contribution in [0.5, 0.6) is 0 Å². The van der Waals surface area contributed by atoms with Crippen molar-refractivity contribution in [3.8, 4) is 0 Å². The van der Waals surface area contributed by atoms with E-state index in [0.29, 0.717) is 22.8 Å². The first-order valence-corrected chi connectivity index (χ1v) is 8.81. The van der Waals surface area contributed by atoms with Crippen LogP contribution in [0.25, 0.3) is 0 Å². The van der Waals surface area contributed by atoms with Crippen LogP contribution in [0.3, 0.4) is 0 Å². The molecule has 0 atom stereocenters. The maximum Gasteiger partial charge on any atom is 0.265 e. The summed E-state index contributed by atoms with van der Waals surface area (Å²) in [6, 6.07) is 0. The fraction of sp³-hybridized carbons (Fsp3) is 0.750. The minimum Gasteiger partial charge on any atom is -0.367 e. The van der Waals surface area contributed by atoms with E-state index in [1.165, 1.54) is 12.8 Å². The Morgan fingerprint density at radius 2 is 1.90 bits per heavy atom. The largest absolute Gasteiger partial charge is 0.367 e. The van der Waals surface area contributed by atoms with Crippen LogP contribution < -0.4 is 5.56 Å². The number of nitrogens with zero attached hydrogens (tertiary/aromatic N) is 1. The van der Waals surface area contributed by atoms with Gasteiger partial charge in [0.25, 0.3) is 5.56 Å². The molecule has 1 aliphatic carbocycles. The predicted octanol–water partition coefficient (Wildman–Crippen LogP) is 4.24. The molecule has 0 radical (unpaired) electrons. The summed E-state index contributed by atoms with van der Waals surface area (Å²) in [7, 11) is 0. The molecular weight excluding hydrogens is 332 g/mol. The molecule has 1 aliphatic rings. The zero-order valence-electron chi connectivity index (χ0n) is 13.2. The Morgan fingerprint density at radius 1 is 1.29 bits per heavy atom. The topological polar surface area (TPSA) is 55.0 Å². The fourth-order valence-electron chi connectivity index (χ4n) is 3.30. The van der Waals surface area contributed by atoms with Crippen molar-refractivity contribution in [2.45, 2.75) is 70.8 Å². The minimum atomic E-state index is -0.484. The highest BCUT2D eigenvalue weighted by Crippen LogP contribution is 2.37. The molecule has 2 rings (SSSR count). The molecule has 4 nitrogen and oxygen atoms in total. The Labute approximate surface area is 134 Å². The number of aromatic nitrogens is 2. The van der Waals surface area contributed by atoms with Gasteiger partial charge in [-0.15, -0.1) is 0 Å². The van der Waals surface area contributed by atoms with Gasteiger partial charge in [0.15, 0.2) is 0 Å². The smallest absolute Gasteiger partial charge is 0.265 e. The molecule has 1 heterocycles. The van der Waals surface area contributed by atoms with Crippen molar-refractivity contribution >= 4 is 15.9 Å². The lowest BCUT2D eigenvalue weighted by Gasteiger charge is -2.31. The van der Waals surface area contributed by atoms with Gasteiger partial charge in [0.05, 0.1) is 5.69 Å². The molecule has 0 saturated heterocycles. The SMILES string of the molecule is CCOC(CC)(CC)c1nc(C2CCCC2)c(Br)c(=O)[nH]1. The third-order valence-corrected chi connectivity index (χ3v) is 5.39. The van der Waals surface area contributed by atoms with E-state index in [1.807, 2.05) is 6.92 Å². The number of H-pyrrole nitrogens is 1. The second kappa shape index (κ2) is 7.05. The van der Waals surface area contributed by atoms with Gasteiger partial charge < -0.3 is 9.72 Å². The molecule has 118 valence electrons. The van der Waals surface area contributed by atoms with E-state index in [0.717, 1.165) is 31.4 Å². The van der Waals surface area contributed by atoms with E-state index in [4.69, 9.17) is 9.72 Å². The first-order valence-electron chi connectivity index (χ1n) is 8.02. The Hall–Kier alpha value is -0.680. The van der Waals surface area contributed by atoms with Gasteiger partial charge in [0, 0.05) is 12.5 Å². The van der Waals surface area contributed by atoms with Crippen molar-refractivity contribution in [1.29, 1.82) is 0 Å². The monoisotopic (exact) mass is 356 g/mol. The Morgan fingerprint density at radius 3 is 2.43 bits per heavy atom. The van der Waals surface area contributed by atoms with Crippen molar-refractivity contribution in [1.82, 2.24) is 9.97 Å². The van der Waals surface area contributed by atoms with Crippen LogP contribution in [0, 0.1) is 0 Å². The molecule has 21 heavy (non-hydrogen) atoms. The first-order chi connectivity index (χ1) is 10.1. The number of hydrogen-bond donors (Lipinski definition) is 1. The second-order valence-corrected chi connectivity index (χ2v) is 6.52. The average Bonchev–Trinajstić information content (AvgIpc) is 3.01. The van der Waals surface area contributed by atoms with Crippen LogP contribution in [0.15, 0.2) is 9.27 Å². The second-order valence-electron chi connectivity index (χ2n) is 5.73. The molecule has 5 heteroatoms. The Bertz CT molecular complexity index is 532. The Balaban J connectivity index is 2.51. The fourth-order valence-corrected chi connectivity index (χ4v) is 3.81. The molecule has 0 aliphatic heterocycles. The van der Waals surface area contributed by atoms with E-state index in [9.17, 15) is 4.79 Å². The summed E-state index contributed by atoms with van der Waals surface area (Å²) in [4.78, 5) is 20.1. The highest BCUT2D eigenvalue weighted by Gasteiger charge is 2.34. The maximum absolute atomic E-state index is 12.3. The quantitative estimate of drug-likeness (QED) is 0.828. The van der Waals surface area contributed by atoms with Gasteiger partial charge in [0.1, 0.15) is 15.9 Å². The lowest BCUT2D eigenvalue weighted by atomic mass is 9.95. The van der Waals surface area contributed by atoms with Crippen LogP contribution in [-0.4, -0.2) is 16.6 Å². The minimum absolute atomic E-state index is 0.0899. The molecule has 1 aromatic heterocycles. The molecule has 1 aromatic rings. The number of nitrogens with one attached hydrogen (secondary N) is 1. The summed E-state index contributed by atoms with van der Waals surface area (Å²) in [6.45, 7) is 6.75. The van der Waals surface area contributed by atoms with Crippen LogP contribution in [0.4, 0.5) is 0 Å². The predicted molar refractivity (Wildman–Crippen MR) is 87.7 cm³/mol. The summed E-state index contributed by atoms with van der Waals surface area (Å²) in [5.74, 6) is 1.08. The van der Waals surface area contributed by atoms with Gasteiger partial charge in [-0.3, -0.25) is 4.79 Å². The van der Waals surface area contributed by atoms with Gasteiger partial charge in [-0.25, -0.2) is 4.98 Å². The van der Waals surface area contributed by atoms with Crippen LogP contribution in [-0.2, 0) is 10.3 Å². The van der Waals surface area contributed by atoms with Gasteiger partial charge in [-0.2, -0.15) is 0 Å². The molecule has 0 bridgehead atoms. The summed E-state index contributed by atoms with van der Waals surface area (Å²) < 4.78 is 6.57. The van der Waals surface area contributed by atoms with Gasteiger partial charge in [0.2, 0.25) is 0 Å². The van der Waals surface area contributed by atoms with E-state index >= 15 is 0 Å². The average molecular weight is 357 g/mol. The van der Waals surface area contributed by atoms with Crippen molar-refractivity contribution in [2.75, 3.05) is 6.61 Å². The normalized spacial score (nSPS) is 16.6. The van der Waals surface area contributed by atoms with Crippen LogP contribution in [0.1, 0.15) is 76.7 Å². The van der Waals surface area contributed by atoms with Crippen molar-refractivity contribution in [3.63, 3.8) is 0 Å². The highest BCUT2D eigenvalue weighted by atomic mass is 79.9. The molecule has 1 saturated carbocycles. The zero-order valence-corrected chi connectivity index (χ0v) is 14.8. The molecular formula is C16H25BrN2O2. The number of ether oxygens (including phenoxy) is 1. The standard InChI is InChI=1S/C16H25BrN2O2/c1-4-16(5-2,21-6-3)15-18-13(11-9-7-8-10-11)12(17)14(20)19-15/h11H,4-10H2,1-3H3,(H,18,19,20). The summed E-state index contributed by atoms with van der Waals surface area (Å²) >= 11 is 3.43. The molecule has 0 amide bonds. The van der Waals surface area contributed by atoms with Crippen molar-refractivity contribution < 1.29 is 4.74 Å². The van der Waals surface area contributed by atoms with Gasteiger partial charge >= 0.3 is 0 Å². The van der Waals surface area contributed by atoms with E-state index < -0.39 is 5.60 Å². The lowest BCUT2D eigenvalue weighted by Crippen LogP contribution is -2.34. The zero-order chi connectivity index (χ0) is 15.5. The van der Waals surface area contributed by atoms with Gasteiger partial charge in [-0.05, 0) is 48.5 Å². The van der Waals surface area contributed by atoms with E-state index in [1.54, 1.807) is 0 Å². The number of hydrogen-bond acceptors (Lipinski definition) is 3. The third-order valence-electron chi connectivity index (χ3n) is 4.62. The molecule has 0 spiro atoms. The first kappa shape index (κ1) is 16.7. The molecule has 1 N–H and O–H groups in total. The molecule has 0 aromatic carbocycles. The van der Waals surface area contributed by atoms with Crippen molar-refractivity contribution in [3.05, 3.63) is 26.3 Å². The molecule has 0 unspecified atom stereocenters. The van der Waals surface area contributed by atoms with E-state index in [-0.39, 0.29) is 5.56 Å². The Kier molecular flexibility index (Phi) is 5.60. The van der Waals surface area contributed by atoms with Crippen molar-refractivity contribution in [2.24, 2.45) is 0 Å².